The van der Waals surface area contributed by atoms with Crippen molar-refractivity contribution in [3.8, 4) is 0 Å². The number of benzene rings is 1. The zero-order valence-corrected chi connectivity index (χ0v) is 10.8. The summed E-state index contributed by atoms with van der Waals surface area (Å²) in [6, 6.07) is 8.18. The van der Waals surface area contributed by atoms with Crippen molar-refractivity contribution in [2.24, 2.45) is 12.1 Å². The first-order valence-corrected chi connectivity index (χ1v) is 5.79. The van der Waals surface area contributed by atoms with E-state index in [1.54, 1.807) is 31.3 Å². The summed E-state index contributed by atoms with van der Waals surface area (Å²) < 4.78 is 1.33. The number of aromatic amines is 1. The highest BCUT2D eigenvalue weighted by Crippen LogP contribution is 2.07. The molecule has 1 aromatic carbocycles. The molecule has 6 nitrogen and oxygen atoms in total. The summed E-state index contributed by atoms with van der Waals surface area (Å²) in [6.07, 6.45) is 1.49. The van der Waals surface area contributed by atoms with Gasteiger partial charge in [0, 0.05) is 18.1 Å². The molecule has 0 radical (unpaired) electrons. The maximum absolute atomic E-state index is 11.7. The first-order valence-electron chi connectivity index (χ1n) is 5.41. The molecule has 1 amide bonds. The zero-order valence-electron chi connectivity index (χ0n) is 10.1. The molecule has 0 spiro atoms. The fourth-order valence-electron chi connectivity index (χ4n) is 1.47. The molecule has 0 atom stereocenters. The van der Waals surface area contributed by atoms with Gasteiger partial charge in [0.2, 0.25) is 0 Å². The number of halogens is 1. The second-order valence-corrected chi connectivity index (χ2v) is 4.25. The number of rotatable bonds is 3. The number of hydrogen-bond acceptors (Lipinski definition) is 3. The molecule has 0 aliphatic rings. The van der Waals surface area contributed by atoms with Crippen molar-refractivity contribution in [2.75, 3.05) is 0 Å². The van der Waals surface area contributed by atoms with E-state index in [0.29, 0.717) is 5.02 Å². The molecule has 98 valence electrons. The van der Waals surface area contributed by atoms with Crippen LogP contribution in [-0.4, -0.2) is 21.9 Å². The van der Waals surface area contributed by atoms with Crippen LogP contribution in [-0.2, 0) is 7.05 Å². The normalized spacial score (nSPS) is 10.8. The minimum atomic E-state index is -0.467. The molecular weight excluding hydrogens is 268 g/mol. The van der Waals surface area contributed by atoms with Gasteiger partial charge < -0.3 is 0 Å². The summed E-state index contributed by atoms with van der Waals surface area (Å²) in [5.41, 5.74) is 3.00. The van der Waals surface area contributed by atoms with Crippen LogP contribution in [0.15, 0.2) is 40.2 Å². The molecule has 7 heteroatoms. The van der Waals surface area contributed by atoms with Gasteiger partial charge in [-0.05, 0) is 17.7 Å². The second-order valence-electron chi connectivity index (χ2n) is 3.82. The summed E-state index contributed by atoms with van der Waals surface area (Å²) in [5.74, 6) is -0.467. The first kappa shape index (κ1) is 13.1. The number of nitrogens with zero attached hydrogens (tertiary/aromatic N) is 2. The van der Waals surface area contributed by atoms with Gasteiger partial charge in [-0.15, -0.1) is 0 Å². The van der Waals surface area contributed by atoms with Gasteiger partial charge in [0.05, 0.1) is 6.21 Å². The Morgan fingerprint density at radius 1 is 1.42 bits per heavy atom. The van der Waals surface area contributed by atoms with Crippen molar-refractivity contribution < 1.29 is 4.79 Å². The van der Waals surface area contributed by atoms with Gasteiger partial charge in [-0.25, -0.2) is 5.43 Å². The Labute approximate surface area is 113 Å². The minimum absolute atomic E-state index is 0.207. The number of carbonyl (C=O) groups is 1. The molecule has 1 heterocycles. The average molecular weight is 279 g/mol. The van der Waals surface area contributed by atoms with E-state index in [4.69, 9.17) is 11.6 Å². The van der Waals surface area contributed by atoms with E-state index < -0.39 is 5.91 Å². The van der Waals surface area contributed by atoms with Crippen molar-refractivity contribution in [3.63, 3.8) is 0 Å². The topological polar surface area (TPSA) is 79.2 Å². The van der Waals surface area contributed by atoms with Crippen LogP contribution >= 0.6 is 11.6 Å². The predicted molar refractivity (Wildman–Crippen MR) is 72.5 cm³/mol. The lowest BCUT2D eigenvalue weighted by Gasteiger charge is -2.00. The maximum atomic E-state index is 11.7. The number of carbonyl (C=O) groups excluding carboxylic acids is 1. The molecule has 0 aliphatic heterocycles. The van der Waals surface area contributed by atoms with Gasteiger partial charge in [-0.3, -0.25) is 19.4 Å². The SMILES string of the molecule is Cn1[nH]c(=O)cc1C(=O)N/N=C\c1ccc(Cl)cc1. The van der Waals surface area contributed by atoms with Gasteiger partial charge in [-0.1, -0.05) is 23.7 Å². The van der Waals surface area contributed by atoms with Gasteiger partial charge in [0.25, 0.3) is 11.5 Å². The van der Waals surface area contributed by atoms with Gasteiger partial charge in [-0.2, -0.15) is 5.10 Å². The molecule has 0 fully saturated rings. The number of aromatic nitrogens is 2. The van der Waals surface area contributed by atoms with Crippen LogP contribution < -0.4 is 11.0 Å². The van der Waals surface area contributed by atoms with Crippen LogP contribution in [0.5, 0.6) is 0 Å². The molecule has 19 heavy (non-hydrogen) atoms. The Hall–Kier alpha value is -2.34. The van der Waals surface area contributed by atoms with E-state index in [9.17, 15) is 9.59 Å². The Morgan fingerprint density at radius 3 is 2.68 bits per heavy atom. The summed E-state index contributed by atoms with van der Waals surface area (Å²) in [4.78, 5) is 22.7. The highest BCUT2D eigenvalue weighted by molar-refractivity contribution is 6.30. The second kappa shape index (κ2) is 5.53. The number of nitrogens with one attached hydrogen (secondary N) is 2. The van der Waals surface area contributed by atoms with E-state index in [2.05, 4.69) is 15.6 Å². The lowest BCUT2D eigenvalue weighted by molar-refractivity contribution is 0.0946. The quantitative estimate of drug-likeness (QED) is 0.652. The van der Waals surface area contributed by atoms with Crippen LogP contribution in [0.1, 0.15) is 16.1 Å². The number of amides is 1. The van der Waals surface area contributed by atoms with Crippen LogP contribution in [0.3, 0.4) is 0 Å². The van der Waals surface area contributed by atoms with Crippen LogP contribution in [0.2, 0.25) is 5.02 Å². The average Bonchev–Trinajstić information content (AvgIpc) is 2.71. The van der Waals surface area contributed by atoms with Gasteiger partial charge >= 0.3 is 0 Å². The third-order valence-electron chi connectivity index (χ3n) is 2.39. The molecule has 2 N–H and O–H groups in total. The molecule has 0 saturated carbocycles. The first-order chi connectivity index (χ1) is 9.06. The van der Waals surface area contributed by atoms with E-state index in [0.717, 1.165) is 5.56 Å². The highest BCUT2D eigenvalue weighted by atomic mass is 35.5. The molecule has 0 saturated heterocycles. The lowest BCUT2D eigenvalue weighted by Crippen LogP contribution is -2.20. The largest absolute Gasteiger partial charge is 0.289 e. The van der Waals surface area contributed by atoms with Crippen LogP contribution in [0, 0.1) is 0 Å². The fraction of sp³-hybridized carbons (Fsp3) is 0.0833. The monoisotopic (exact) mass is 278 g/mol. The standard InChI is InChI=1S/C12H11ClN4O2/c1-17-10(6-11(18)16-17)12(19)15-14-7-8-2-4-9(13)5-3-8/h2-7H,1H3,(H,15,19)(H,16,18)/b14-7-. The molecule has 0 unspecified atom stereocenters. The van der Waals surface area contributed by atoms with Crippen molar-refractivity contribution in [1.82, 2.24) is 15.2 Å². The summed E-state index contributed by atoms with van der Waals surface area (Å²) in [6.45, 7) is 0. The molecule has 0 bridgehead atoms. The maximum Gasteiger partial charge on any atom is 0.289 e. The van der Waals surface area contributed by atoms with E-state index >= 15 is 0 Å². The highest BCUT2D eigenvalue weighted by Gasteiger charge is 2.09. The summed E-state index contributed by atoms with van der Waals surface area (Å²) in [5, 5.41) is 6.87. The van der Waals surface area contributed by atoms with E-state index in [1.165, 1.54) is 17.0 Å². The Bertz CT molecular complexity index is 670. The van der Waals surface area contributed by atoms with Crippen molar-refractivity contribution in [2.45, 2.75) is 0 Å². The molecule has 2 aromatic rings. The summed E-state index contributed by atoms with van der Waals surface area (Å²) >= 11 is 5.75. The number of hydrazone groups is 1. The molecule has 2 rings (SSSR count). The van der Waals surface area contributed by atoms with Gasteiger partial charge in [0.1, 0.15) is 5.69 Å². The number of aryl methyl sites for hydroxylation is 1. The van der Waals surface area contributed by atoms with Crippen LogP contribution in [0.4, 0.5) is 0 Å². The third kappa shape index (κ3) is 3.32. The lowest BCUT2D eigenvalue weighted by atomic mass is 10.2. The summed E-state index contributed by atoms with van der Waals surface area (Å²) in [7, 11) is 1.57. The predicted octanol–water partition coefficient (Wildman–Crippen LogP) is 1.13. The Morgan fingerprint density at radius 2 is 2.11 bits per heavy atom. The number of hydrogen-bond donors (Lipinski definition) is 2. The molecular formula is C12H11ClN4O2. The Balaban J connectivity index is 2.02. The number of H-pyrrole nitrogens is 1. The van der Waals surface area contributed by atoms with E-state index in [-0.39, 0.29) is 11.3 Å². The minimum Gasteiger partial charge on any atom is -0.283 e. The molecule has 1 aromatic heterocycles. The van der Waals surface area contributed by atoms with Crippen molar-refractivity contribution in [3.05, 3.63) is 57.0 Å². The van der Waals surface area contributed by atoms with Crippen molar-refractivity contribution in [1.29, 1.82) is 0 Å². The Kier molecular flexibility index (Phi) is 3.82. The van der Waals surface area contributed by atoms with Crippen LogP contribution in [0.25, 0.3) is 0 Å². The van der Waals surface area contributed by atoms with Gasteiger partial charge in [0.15, 0.2) is 0 Å². The smallest absolute Gasteiger partial charge is 0.283 e. The van der Waals surface area contributed by atoms with Crippen molar-refractivity contribution >= 4 is 23.7 Å². The third-order valence-corrected chi connectivity index (χ3v) is 2.64. The molecule has 0 aliphatic carbocycles. The fourth-order valence-corrected chi connectivity index (χ4v) is 1.59. The zero-order chi connectivity index (χ0) is 13.8. The van der Waals surface area contributed by atoms with E-state index in [1.807, 2.05) is 0 Å².